The molecule has 2 N–H and O–H groups in total. The molecule has 25 heavy (non-hydrogen) atoms. The summed E-state index contributed by atoms with van der Waals surface area (Å²) in [7, 11) is 0. The topological polar surface area (TPSA) is 74.6 Å². The fourth-order valence-corrected chi connectivity index (χ4v) is 2.66. The number of Topliss-reactive ketones (excluding diaryl/α,β-unsaturated/α-hetero) is 1. The number of benzene rings is 2. The van der Waals surface area contributed by atoms with Crippen LogP contribution in [0.4, 0.5) is 0 Å². The Morgan fingerprint density at radius 2 is 1.52 bits per heavy atom. The van der Waals surface area contributed by atoms with Crippen molar-refractivity contribution in [2.75, 3.05) is 0 Å². The van der Waals surface area contributed by atoms with Crippen LogP contribution in [0.1, 0.15) is 29.3 Å². The molecule has 0 saturated heterocycles. The van der Waals surface area contributed by atoms with E-state index < -0.39 is 16.8 Å². The van der Waals surface area contributed by atoms with Gasteiger partial charge < -0.3 is 0 Å². The van der Waals surface area contributed by atoms with Crippen LogP contribution in [0.3, 0.4) is 0 Å². The Balaban J connectivity index is 0.000000511. The molecular formula is C20H20O4S. The van der Waals surface area contributed by atoms with Crippen LogP contribution in [0, 0.1) is 5.41 Å². The van der Waals surface area contributed by atoms with Gasteiger partial charge in [0.25, 0.3) is 11.4 Å². The third-order valence-corrected chi connectivity index (χ3v) is 4.04. The molecule has 0 aromatic heterocycles. The molecule has 4 nitrogen and oxygen atoms in total. The molecule has 0 aliphatic heterocycles. The van der Waals surface area contributed by atoms with E-state index in [1.807, 2.05) is 61.5 Å². The molecule has 0 saturated carbocycles. The van der Waals surface area contributed by atoms with Crippen LogP contribution >= 0.6 is 0 Å². The molecule has 1 atom stereocenters. The van der Waals surface area contributed by atoms with Gasteiger partial charge in [0.15, 0.2) is 5.78 Å². The number of rotatable bonds is 3. The normalized spacial score (nSPS) is 19.0. The van der Waals surface area contributed by atoms with Crippen molar-refractivity contribution in [3.05, 3.63) is 90.0 Å². The minimum Gasteiger partial charge on any atom is -0.293 e. The van der Waals surface area contributed by atoms with E-state index in [9.17, 15) is 4.79 Å². The maximum atomic E-state index is 12.7. The lowest BCUT2D eigenvalue weighted by molar-refractivity contribution is 0.0870. The Morgan fingerprint density at radius 3 is 2.00 bits per heavy atom. The lowest BCUT2D eigenvalue weighted by Gasteiger charge is -2.26. The number of ketones is 1. The standard InChI is InChI=1S/C20H18O.H2O3S/c1-20(19(21)18-10-6-3-7-11-18)14-12-17(13-15-20)16-8-4-2-5-9-16;1-4(2)3/h2-14H,15H2,1H3;(H2,1,2,3). The summed E-state index contributed by atoms with van der Waals surface area (Å²) in [6, 6.07) is 19.8. The predicted octanol–water partition coefficient (Wildman–Crippen LogP) is 4.60. The van der Waals surface area contributed by atoms with E-state index in [2.05, 4.69) is 24.3 Å². The Kier molecular flexibility index (Phi) is 6.58. The second kappa shape index (κ2) is 8.67. The second-order valence-corrected chi connectivity index (χ2v) is 6.37. The number of carbonyl (C=O) groups excluding carboxylic acids is 1. The quantitative estimate of drug-likeness (QED) is 0.622. The van der Waals surface area contributed by atoms with Gasteiger partial charge in [0.05, 0.1) is 5.41 Å². The third-order valence-electron chi connectivity index (χ3n) is 4.04. The van der Waals surface area contributed by atoms with Gasteiger partial charge in [-0.05, 0) is 24.5 Å². The van der Waals surface area contributed by atoms with Crippen molar-refractivity contribution in [3.63, 3.8) is 0 Å². The van der Waals surface area contributed by atoms with Crippen molar-refractivity contribution in [3.8, 4) is 0 Å². The van der Waals surface area contributed by atoms with Crippen LogP contribution in [0.2, 0.25) is 0 Å². The van der Waals surface area contributed by atoms with E-state index in [1.165, 1.54) is 11.1 Å². The summed E-state index contributed by atoms with van der Waals surface area (Å²) in [6.45, 7) is 2.01. The Hall–Kier alpha value is -2.34. The first kappa shape index (κ1) is 19.0. The van der Waals surface area contributed by atoms with Gasteiger partial charge in [0.2, 0.25) is 0 Å². The van der Waals surface area contributed by atoms with Crippen molar-refractivity contribution < 1.29 is 18.1 Å². The number of hydrogen-bond acceptors (Lipinski definition) is 2. The van der Waals surface area contributed by atoms with Gasteiger partial charge in [0.1, 0.15) is 0 Å². The van der Waals surface area contributed by atoms with Gasteiger partial charge in [-0.2, -0.15) is 4.21 Å². The summed E-state index contributed by atoms with van der Waals surface area (Å²) < 4.78 is 22.8. The number of hydrogen-bond donors (Lipinski definition) is 2. The summed E-state index contributed by atoms with van der Waals surface area (Å²) in [6.07, 6.45) is 7.02. The first-order valence-electron chi connectivity index (χ1n) is 7.77. The van der Waals surface area contributed by atoms with Crippen LogP contribution in [0.15, 0.2) is 78.9 Å². The van der Waals surface area contributed by atoms with Gasteiger partial charge in [-0.3, -0.25) is 13.9 Å². The average Bonchev–Trinajstić information content (AvgIpc) is 2.63. The Bertz CT molecular complexity index is 793. The molecular weight excluding hydrogens is 336 g/mol. The molecule has 5 heteroatoms. The summed E-state index contributed by atoms with van der Waals surface area (Å²) in [5.74, 6) is 0.183. The van der Waals surface area contributed by atoms with Crippen molar-refractivity contribution in [1.82, 2.24) is 0 Å². The third kappa shape index (κ3) is 5.32. The minimum atomic E-state index is -2.61. The van der Waals surface area contributed by atoms with E-state index in [-0.39, 0.29) is 5.78 Å². The number of carbonyl (C=O) groups is 1. The van der Waals surface area contributed by atoms with E-state index in [1.54, 1.807) is 0 Å². The van der Waals surface area contributed by atoms with Crippen LogP contribution in [0.5, 0.6) is 0 Å². The minimum absolute atomic E-state index is 0.183. The molecule has 2 aromatic carbocycles. The maximum Gasteiger partial charge on any atom is 0.299 e. The smallest absolute Gasteiger partial charge is 0.293 e. The SMILES string of the molecule is CC1(C(=O)c2ccccc2)C=CC(c2ccccc2)=CC1.O=S(O)O. The van der Waals surface area contributed by atoms with Crippen LogP contribution in [0.25, 0.3) is 5.57 Å². The first-order valence-corrected chi connectivity index (χ1v) is 8.83. The van der Waals surface area contributed by atoms with Gasteiger partial charge >= 0.3 is 0 Å². The zero-order valence-corrected chi connectivity index (χ0v) is 14.6. The highest BCUT2D eigenvalue weighted by molar-refractivity contribution is 7.73. The zero-order chi connectivity index (χ0) is 18.3. The fraction of sp³-hybridized carbons (Fsp3) is 0.150. The molecule has 130 valence electrons. The molecule has 2 aromatic rings. The second-order valence-electron chi connectivity index (χ2n) is 5.91. The molecule has 0 bridgehead atoms. The first-order chi connectivity index (χ1) is 11.9. The monoisotopic (exact) mass is 356 g/mol. The zero-order valence-electron chi connectivity index (χ0n) is 13.8. The van der Waals surface area contributed by atoms with Crippen LogP contribution in [-0.4, -0.2) is 19.1 Å². The predicted molar refractivity (Wildman–Crippen MR) is 100 cm³/mol. The van der Waals surface area contributed by atoms with Crippen molar-refractivity contribution in [2.24, 2.45) is 5.41 Å². The molecule has 0 heterocycles. The summed E-state index contributed by atoms with van der Waals surface area (Å²) in [4.78, 5) is 12.7. The van der Waals surface area contributed by atoms with Crippen molar-refractivity contribution >= 4 is 22.7 Å². The lowest BCUT2D eigenvalue weighted by Crippen LogP contribution is -2.26. The number of allylic oxidation sites excluding steroid dienone is 4. The van der Waals surface area contributed by atoms with Gasteiger partial charge in [-0.1, -0.05) is 78.9 Å². The molecule has 0 fully saturated rings. The Morgan fingerprint density at radius 1 is 1.00 bits per heavy atom. The molecule has 0 spiro atoms. The van der Waals surface area contributed by atoms with Crippen LogP contribution in [-0.2, 0) is 11.4 Å². The lowest BCUT2D eigenvalue weighted by atomic mass is 9.75. The van der Waals surface area contributed by atoms with Gasteiger partial charge in [-0.15, -0.1) is 0 Å². The molecule has 0 amide bonds. The molecule has 1 unspecified atom stereocenters. The molecule has 1 aliphatic carbocycles. The van der Waals surface area contributed by atoms with E-state index in [0.717, 1.165) is 12.0 Å². The highest BCUT2D eigenvalue weighted by atomic mass is 32.2. The van der Waals surface area contributed by atoms with E-state index in [4.69, 9.17) is 13.3 Å². The van der Waals surface area contributed by atoms with Gasteiger partial charge in [-0.25, -0.2) is 0 Å². The highest BCUT2D eigenvalue weighted by Gasteiger charge is 2.31. The molecule has 0 radical (unpaired) electrons. The maximum absolute atomic E-state index is 12.7. The summed E-state index contributed by atoms with van der Waals surface area (Å²) in [5.41, 5.74) is 2.72. The largest absolute Gasteiger partial charge is 0.299 e. The van der Waals surface area contributed by atoms with Crippen molar-refractivity contribution in [1.29, 1.82) is 0 Å². The highest BCUT2D eigenvalue weighted by Crippen LogP contribution is 2.35. The Labute approximate surface area is 150 Å². The summed E-state index contributed by atoms with van der Waals surface area (Å²) in [5, 5.41) is 0. The summed E-state index contributed by atoms with van der Waals surface area (Å²) >= 11 is -2.61. The van der Waals surface area contributed by atoms with Gasteiger partial charge in [0, 0.05) is 5.56 Å². The van der Waals surface area contributed by atoms with Crippen molar-refractivity contribution in [2.45, 2.75) is 13.3 Å². The van der Waals surface area contributed by atoms with E-state index in [0.29, 0.717) is 0 Å². The molecule has 1 aliphatic rings. The average molecular weight is 356 g/mol. The fourth-order valence-electron chi connectivity index (χ4n) is 2.66. The molecule has 3 rings (SSSR count). The van der Waals surface area contributed by atoms with E-state index >= 15 is 0 Å². The van der Waals surface area contributed by atoms with Crippen LogP contribution < -0.4 is 0 Å².